The number of nitrogens with zero attached hydrogens (tertiary/aromatic N) is 1. The van der Waals surface area contributed by atoms with Crippen LogP contribution in [0.5, 0.6) is 5.75 Å². The van der Waals surface area contributed by atoms with Crippen molar-refractivity contribution in [2.24, 2.45) is 0 Å². The number of fused-ring (bicyclic) bond motifs is 1. The van der Waals surface area contributed by atoms with Crippen molar-refractivity contribution < 1.29 is 13.9 Å². The van der Waals surface area contributed by atoms with Crippen molar-refractivity contribution >= 4 is 16.9 Å². The molecule has 6 nitrogen and oxygen atoms in total. The lowest BCUT2D eigenvalue weighted by Crippen LogP contribution is -2.46. The molecule has 1 fully saturated rings. The molecule has 0 spiro atoms. The molecule has 0 bridgehead atoms. The molecule has 0 saturated carbocycles. The number of hydrogen-bond acceptors (Lipinski definition) is 5. The van der Waals surface area contributed by atoms with Crippen LogP contribution in [0.2, 0.25) is 0 Å². The van der Waals surface area contributed by atoms with Gasteiger partial charge in [0.1, 0.15) is 16.9 Å². The monoisotopic (exact) mass is 372 g/mol. The van der Waals surface area contributed by atoms with Gasteiger partial charge in [0.2, 0.25) is 0 Å². The second-order valence-electron chi connectivity index (χ2n) is 7.30. The van der Waals surface area contributed by atoms with E-state index in [2.05, 4.69) is 17.1 Å². The van der Waals surface area contributed by atoms with Crippen molar-refractivity contribution in [1.29, 1.82) is 0 Å². The van der Waals surface area contributed by atoms with Gasteiger partial charge in [0.05, 0.1) is 6.10 Å². The second-order valence-corrected chi connectivity index (χ2v) is 7.30. The minimum atomic E-state index is -0.627. The molecule has 1 N–H and O–H groups in total. The van der Waals surface area contributed by atoms with Crippen LogP contribution in [0.4, 0.5) is 0 Å². The molecule has 1 aliphatic heterocycles. The third-order valence-corrected chi connectivity index (χ3v) is 4.98. The quantitative estimate of drug-likeness (QED) is 0.789. The summed E-state index contributed by atoms with van der Waals surface area (Å²) in [6.07, 6.45) is 3.48. The highest BCUT2D eigenvalue weighted by Gasteiger charge is 2.22. The number of amides is 1. The van der Waals surface area contributed by atoms with Crippen molar-refractivity contribution in [2.45, 2.75) is 52.2 Å². The number of hydrogen-bond donors (Lipinski definition) is 1. The molecule has 1 unspecified atom stereocenters. The van der Waals surface area contributed by atoms with E-state index >= 15 is 0 Å². The molecule has 2 aromatic rings. The van der Waals surface area contributed by atoms with Crippen LogP contribution >= 0.6 is 0 Å². The largest absolute Gasteiger partial charge is 0.491 e. The Bertz CT molecular complexity index is 859. The molecule has 1 aromatic carbocycles. The van der Waals surface area contributed by atoms with Gasteiger partial charge in [-0.3, -0.25) is 9.69 Å². The van der Waals surface area contributed by atoms with E-state index in [1.165, 1.54) is 12.8 Å². The summed E-state index contributed by atoms with van der Waals surface area (Å²) in [5.74, 6) is 0.254. The summed E-state index contributed by atoms with van der Waals surface area (Å²) in [4.78, 5) is 27.2. The van der Waals surface area contributed by atoms with E-state index in [0.717, 1.165) is 19.5 Å². The number of likely N-dealkylation sites (N-methyl/N-ethyl adjacent to an activating group) is 1. The van der Waals surface area contributed by atoms with E-state index in [0.29, 0.717) is 29.3 Å². The molecule has 1 saturated heterocycles. The summed E-state index contributed by atoms with van der Waals surface area (Å²) in [7, 11) is 0. The zero-order valence-corrected chi connectivity index (χ0v) is 16.3. The first-order chi connectivity index (χ1) is 13.0. The van der Waals surface area contributed by atoms with Gasteiger partial charge in [-0.15, -0.1) is 0 Å². The van der Waals surface area contributed by atoms with E-state index in [-0.39, 0.29) is 17.6 Å². The van der Waals surface area contributed by atoms with E-state index in [1.807, 2.05) is 19.9 Å². The maximum atomic E-state index is 12.5. The van der Waals surface area contributed by atoms with Crippen molar-refractivity contribution in [3.05, 3.63) is 40.2 Å². The van der Waals surface area contributed by atoms with E-state index in [9.17, 15) is 9.59 Å². The zero-order chi connectivity index (χ0) is 19.4. The maximum absolute atomic E-state index is 12.5. The molecule has 2 heterocycles. The summed E-state index contributed by atoms with van der Waals surface area (Å²) in [5.41, 5.74) is -0.171. The molecule has 1 atom stereocenters. The number of ether oxygens (including phenoxy) is 1. The molecule has 3 rings (SSSR count). The standard InChI is InChI=1S/C21H28N2O4/c1-4-23-10-6-5-7-16(23)13-22-20(24)18-11-15-8-9-17(26-14(2)3)12-19(15)27-21(18)25/h8-9,11-12,14,16H,4-7,10,13H2,1-3H3,(H,22,24). The Kier molecular flexibility index (Phi) is 6.16. The molecule has 6 heteroatoms. The lowest BCUT2D eigenvalue weighted by molar-refractivity contribution is 0.0914. The lowest BCUT2D eigenvalue weighted by atomic mass is 10.0. The highest BCUT2D eigenvalue weighted by atomic mass is 16.5. The number of rotatable bonds is 6. The Balaban J connectivity index is 1.74. The predicted octanol–water partition coefficient (Wildman–Crippen LogP) is 3.18. The van der Waals surface area contributed by atoms with Gasteiger partial charge in [0.25, 0.3) is 5.91 Å². The third-order valence-electron chi connectivity index (χ3n) is 4.98. The average Bonchev–Trinajstić information content (AvgIpc) is 2.65. The fourth-order valence-electron chi connectivity index (χ4n) is 3.61. The first-order valence-electron chi connectivity index (χ1n) is 9.74. The van der Waals surface area contributed by atoms with E-state index in [1.54, 1.807) is 18.2 Å². The van der Waals surface area contributed by atoms with Crippen LogP contribution < -0.4 is 15.7 Å². The van der Waals surface area contributed by atoms with Crippen molar-refractivity contribution in [1.82, 2.24) is 10.2 Å². The smallest absolute Gasteiger partial charge is 0.349 e. The van der Waals surface area contributed by atoms with Gasteiger partial charge in [0, 0.05) is 24.0 Å². The Hall–Kier alpha value is -2.34. The fraction of sp³-hybridized carbons (Fsp3) is 0.524. The third kappa shape index (κ3) is 4.69. The van der Waals surface area contributed by atoms with Gasteiger partial charge >= 0.3 is 5.63 Å². The number of likely N-dealkylation sites (tertiary alicyclic amines) is 1. The molecular weight excluding hydrogens is 344 g/mol. The van der Waals surface area contributed by atoms with Crippen molar-refractivity contribution in [3.8, 4) is 5.75 Å². The van der Waals surface area contributed by atoms with Gasteiger partial charge in [-0.1, -0.05) is 13.3 Å². The van der Waals surface area contributed by atoms with Crippen LogP contribution in [0.15, 0.2) is 33.5 Å². The lowest BCUT2D eigenvalue weighted by Gasteiger charge is -2.34. The number of carbonyl (C=O) groups is 1. The first-order valence-corrected chi connectivity index (χ1v) is 9.74. The number of piperidine rings is 1. The summed E-state index contributed by atoms with van der Waals surface area (Å²) >= 11 is 0. The van der Waals surface area contributed by atoms with Crippen LogP contribution in [0.25, 0.3) is 11.0 Å². The Labute approximate surface area is 159 Å². The van der Waals surface area contributed by atoms with Gasteiger partial charge in [-0.2, -0.15) is 0 Å². The fourth-order valence-corrected chi connectivity index (χ4v) is 3.61. The van der Waals surface area contributed by atoms with Crippen LogP contribution in [-0.2, 0) is 0 Å². The predicted molar refractivity (Wildman–Crippen MR) is 105 cm³/mol. The minimum Gasteiger partial charge on any atom is -0.491 e. The number of carbonyl (C=O) groups excluding carboxylic acids is 1. The van der Waals surface area contributed by atoms with Gasteiger partial charge in [-0.05, 0) is 58.0 Å². The molecule has 0 radical (unpaired) electrons. The molecule has 0 aliphatic carbocycles. The molecule has 1 aromatic heterocycles. The zero-order valence-electron chi connectivity index (χ0n) is 16.3. The molecule has 146 valence electrons. The number of nitrogens with one attached hydrogen (secondary N) is 1. The summed E-state index contributed by atoms with van der Waals surface area (Å²) in [5, 5.41) is 3.61. The highest BCUT2D eigenvalue weighted by Crippen LogP contribution is 2.21. The van der Waals surface area contributed by atoms with Gasteiger partial charge in [0.15, 0.2) is 0 Å². The summed E-state index contributed by atoms with van der Waals surface area (Å²) in [6.45, 7) is 8.58. The highest BCUT2D eigenvalue weighted by molar-refractivity contribution is 5.96. The molecule has 1 amide bonds. The number of benzene rings is 1. The van der Waals surface area contributed by atoms with Crippen molar-refractivity contribution in [2.75, 3.05) is 19.6 Å². The average molecular weight is 372 g/mol. The molecular formula is C21H28N2O4. The maximum Gasteiger partial charge on any atom is 0.349 e. The van der Waals surface area contributed by atoms with Crippen LogP contribution in [-0.4, -0.2) is 42.6 Å². The minimum absolute atomic E-state index is 0.0293. The Morgan fingerprint density at radius 2 is 2.15 bits per heavy atom. The summed E-state index contributed by atoms with van der Waals surface area (Å²) < 4.78 is 11.0. The van der Waals surface area contributed by atoms with Crippen molar-refractivity contribution in [3.63, 3.8) is 0 Å². The van der Waals surface area contributed by atoms with E-state index in [4.69, 9.17) is 9.15 Å². The Morgan fingerprint density at radius 1 is 1.33 bits per heavy atom. The summed E-state index contributed by atoms with van der Waals surface area (Å²) in [6, 6.07) is 7.21. The Morgan fingerprint density at radius 3 is 2.89 bits per heavy atom. The first kappa shape index (κ1) is 19.4. The van der Waals surface area contributed by atoms with Crippen LogP contribution in [0.3, 0.4) is 0 Å². The molecule has 27 heavy (non-hydrogen) atoms. The van der Waals surface area contributed by atoms with Gasteiger partial charge < -0.3 is 14.5 Å². The normalized spacial score (nSPS) is 18.0. The topological polar surface area (TPSA) is 71.8 Å². The van der Waals surface area contributed by atoms with Crippen LogP contribution in [0, 0.1) is 0 Å². The van der Waals surface area contributed by atoms with Gasteiger partial charge in [-0.25, -0.2) is 4.79 Å². The molecule has 1 aliphatic rings. The van der Waals surface area contributed by atoms with Crippen LogP contribution in [0.1, 0.15) is 50.4 Å². The second kappa shape index (κ2) is 8.57. The SMILES string of the molecule is CCN1CCCCC1CNC(=O)c1cc2ccc(OC(C)C)cc2oc1=O. The van der Waals surface area contributed by atoms with E-state index < -0.39 is 5.63 Å².